The molecule has 0 saturated heterocycles. The average Bonchev–Trinajstić information content (AvgIpc) is 2.47. The summed E-state index contributed by atoms with van der Waals surface area (Å²) in [6, 6.07) is -0.972. The second-order valence-corrected chi connectivity index (χ2v) is 6.15. The Bertz CT molecular complexity index is 484. The maximum absolute atomic E-state index is 12.3. The predicted molar refractivity (Wildman–Crippen MR) is 87.3 cm³/mol. The Kier molecular flexibility index (Phi) is 10.5. The standard InChI is InChI=1S/C16H27N3O5/c1-10(2)8-14(23-5)15(21)19-13(16(22)24-11(3)4)7-6-12(20)9-18-17/h9-11,13-14H,6-8H2,1-5H3,(H,19,21)/t13-,14-/m0/s1. The maximum atomic E-state index is 12.3. The third-order valence-corrected chi connectivity index (χ3v) is 3.10. The lowest BCUT2D eigenvalue weighted by Crippen LogP contribution is -2.47. The van der Waals surface area contributed by atoms with Gasteiger partial charge in [-0.05, 0) is 32.6 Å². The second kappa shape index (κ2) is 11.5. The summed E-state index contributed by atoms with van der Waals surface area (Å²) in [6.45, 7) is 7.29. The highest BCUT2D eigenvalue weighted by atomic mass is 16.5. The average molecular weight is 341 g/mol. The molecule has 2 atom stereocenters. The normalized spacial score (nSPS) is 13.1. The lowest BCUT2D eigenvalue weighted by Gasteiger charge is -2.22. The van der Waals surface area contributed by atoms with Gasteiger partial charge in [-0.3, -0.25) is 9.59 Å². The van der Waals surface area contributed by atoms with Crippen molar-refractivity contribution in [2.75, 3.05) is 7.11 Å². The van der Waals surface area contributed by atoms with Gasteiger partial charge in [0.05, 0.1) is 6.10 Å². The van der Waals surface area contributed by atoms with Crippen LogP contribution in [0.3, 0.4) is 0 Å². The van der Waals surface area contributed by atoms with Gasteiger partial charge in [0.1, 0.15) is 12.1 Å². The van der Waals surface area contributed by atoms with E-state index in [0.29, 0.717) is 6.42 Å². The van der Waals surface area contributed by atoms with Crippen LogP contribution in [0.5, 0.6) is 0 Å². The summed E-state index contributed by atoms with van der Waals surface area (Å²) in [7, 11) is 1.43. The Labute approximate surface area is 142 Å². The minimum atomic E-state index is -0.972. The van der Waals surface area contributed by atoms with Crippen molar-refractivity contribution in [2.45, 2.75) is 65.2 Å². The predicted octanol–water partition coefficient (Wildman–Crippen LogP) is 1.13. The monoisotopic (exact) mass is 341 g/mol. The van der Waals surface area contributed by atoms with Gasteiger partial charge >= 0.3 is 12.2 Å². The van der Waals surface area contributed by atoms with Crippen LogP contribution >= 0.6 is 0 Å². The molecule has 0 aliphatic heterocycles. The number of rotatable bonds is 11. The van der Waals surface area contributed by atoms with Crippen molar-refractivity contribution in [3.8, 4) is 0 Å². The first-order chi connectivity index (χ1) is 11.2. The Morgan fingerprint density at radius 1 is 1.21 bits per heavy atom. The Morgan fingerprint density at radius 2 is 1.83 bits per heavy atom. The number of esters is 1. The lowest BCUT2D eigenvalue weighted by atomic mass is 10.0. The third kappa shape index (κ3) is 9.17. The molecule has 0 radical (unpaired) electrons. The number of amides is 1. The zero-order chi connectivity index (χ0) is 18.7. The van der Waals surface area contributed by atoms with Crippen LogP contribution in [-0.4, -0.2) is 54.0 Å². The summed E-state index contributed by atoms with van der Waals surface area (Å²) in [5, 5.41) is 2.58. The van der Waals surface area contributed by atoms with Crippen LogP contribution in [0.15, 0.2) is 0 Å². The number of hydrogen-bond acceptors (Lipinski definition) is 5. The largest absolute Gasteiger partial charge is 0.461 e. The van der Waals surface area contributed by atoms with E-state index in [1.165, 1.54) is 7.11 Å². The SMILES string of the molecule is CO[C@@H](CC(C)C)C(=O)N[C@@H](CCC(=O)C=[N+]=[N-])C(=O)OC(C)C. The highest BCUT2D eigenvalue weighted by Gasteiger charge is 2.28. The van der Waals surface area contributed by atoms with E-state index in [-0.39, 0.29) is 24.9 Å². The fourth-order valence-electron chi connectivity index (χ4n) is 1.98. The van der Waals surface area contributed by atoms with Gasteiger partial charge < -0.3 is 20.3 Å². The molecule has 0 saturated carbocycles. The summed E-state index contributed by atoms with van der Waals surface area (Å²) in [6.07, 6.45) is 0.201. The molecule has 8 nitrogen and oxygen atoms in total. The van der Waals surface area contributed by atoms with Crippen LogP contribution in [-0.2, 0) is 23.9 Å². The lowest BCUT2D eigenvalue weighted by molar-refractivity contribution is -0.153. The molecule has 0 aromatic carbocycles. The first-order valence-electron chi connectivity index (χ1n) is 7.95. The van der Waals surface area contributed by atoms with Crippen LogP contribution in [0.1, 0.15) is 47.0 Å². The number of methoxy groups -OCH3 is 1. The Balaban J connectivity index is 4.96. The fourth-order valence-corrected chi connectivity index (χ4v) is 1.98. The van der Waals surface area contributed by atoms with E-state index in [1.54, 1.807) is 13.8 Å². The molecule has 8 heteroatoms. The van der Waals surface area contributed by atoms with Crippen molar-refractivity contribution in [3.05, 3.63) is 5.53 Å². The Morgan fingerprint density at radius 3 is 2.29 bits per heavy atom. The molecule has 24 heavy (non-hydrogen) atoms. The number of hydrogen-bond donors (Lipinski definition) is 1. The van der Waals surface area contributed by atoms with Gasteiger partial charge in [0.2, 0.25) is 11.7 Å². The van der Waals surface area contributed by atoms with Crippen molar-refractivity contribution in [3.63, 3.8) is 0 Å². The molecule has 0 aromatic rings. The van der Waals surface area contributed by atoms with E-state index in [9.17, 15) is 14.4 Å². The van der Waals surface area contributed by atoms with Crippen LogP contribution in [0.2, 0.25) is 0 Å². The van der Waals surface area contributed by atoms with Gasteiger partial charge in [-0.25, -0.2) is 4.79 Å². The molecule has 0 rings (SSSR count). The first kappa shape index (κ1) is 21.9. The van der Waals surface area contributed by atoms with Crippen molar-refractivity contribution in [2.24, 2.45) is 5.92 Å². The summed E-state index contributed by atoms with van der Waals surface area (Å²) < 4.78 is 10.3. The highest BCUT2D eigenvalue weighted by molar-refractivity contribution is 6.25. The molecule has 0 unspecified atom stereocenters. The number of carbonyl (C=O) groups excluding carboxylic acids is 3. The van der Waals surface area contributed by atoms with Crippen LogP contribution in [0, 0.1) is 5.92 Å². The quantitative estimate of drug-likeness (QED) is 0.261. The molecule has 0 heterocycles. The molecule has 1 N–H and O–H groups in total. The topological polar surface area (TPSA) is 118 Å². The second-order valence-electron chi connectivity index (χ2n) is 6.15. The molecule has 0 aliphatic rings. The van der Waals surface area contributed by atoms with Crippen molar-refractivity contribution in [1.82, 2.24) is 5.32 Å². The van der Waals surface area contributed by atoms with E-state index in [2.05, 4.69) is 10.1 Å². The van der Waals surface area contributed by atoms with Gasteiger partial charge in [-0.15, -0.1) is 0 Å². The summed E-state index contributed by atoms with van der Waals surface area (Å²) in [5.41, 5.74) is 8.33. The van der Waals surface area contributed by atoms with E-state index in [1.807, 2.05) is 13.8 Å². The van der Waals surface area contributed by atoms with E-state index in [4.69, 9.17) is 15.0 Å². The van der Waals surface area contributed by atoms with Crippen molar-refractivity contribution >= 4 is 23.9 Å². The minimum Gasteiger partial charge on any atom is -0.461 e. The number of ketones is 1. The van der Waals surface area contributed by atoms with E-state index >= 15 is 0 Å². The van der Waals surface area contributed by atoms with E-state index in [0.717, 1.165) is 6.21 Å². The van der Waals surface area contributed by atoms with Crippen LogP contribution < -0.4 is 5.32 Å². The number of nitrogens with one attached hydrogen (secondary N) is 1. The number of ether oxygens (including phenoxy) is 2. The van der Waals surface area contributed by atoms with E-state index < -0.39 is 29.8 Å². The highest BCUT2D eigenvalue weighted by Crippen LogP contribution is 2.10. The molecular formula is C16H27N3O5. The van der Waals surface area contributed by atoms with Gasteiger partial charge in [-0.2, -0.15) is 4.79 Å². The molecule has 0 aromatic heterocycles. The molecule has 0 fully saturated rings. The minimum absolute atomic E-state index is 0.0419. The van der Waals surface area contributed by atoms with Crippen LogP contribution in [0.25, 0.3) is 5.53 Å². The third-order valence-electron chi connectivity index (χ3n) is 3.10. The number of nitrogens with zero attached hydrogens (tertiary/aromatic N) is 2. The van der Waals surface area contributed by atoms with Gasteiger partial charge in [0.25, 0.3) is 0 Å². The van der Waals surface area contributed by atoms with Crippen LogP contribution in [0.4, 0.5) is 0 Å². The number of Topliss-reactive ketones (excluding diaryl/α,β-unsaturated/α-hetero) is 1. The van der Waals surface area contributed by atoms with Crippen molar-refractivity contribution in [1.29, 1.82) is 0 Å². The fraction of sp³-hybridized carbons (Fsp3) is 0.750. The first-order valence-corrected chi connectivity index (χ1v) is 7.95. The smallest absolute Gasteiger partial charge is 0.328 e. The molecule has 0 bridgehead atoms. The Hall–Kier alpha value is -2.05. The molecular weight excluding hydrogens is 314 g/mol. The summed E-state index contributed by atoms with van der Waals surface area (Å²) in [4.78, 5) is 38.5. The summed E-state index contributed by atoms with van der Waals surface area (Å²) >= 11 is 0. The van der Waals surface area contributed by atoms with Gasteiger partial charge in [0, 0.05) is 13.5 Å². The van der Waals surface area contributed by atoms with Gasteiger partial charge in [-0.1, -0.05) is 13.8 Å². The number of carbonyl (C=O) groups is 3. The summed E-state index contributed by atoms with van der Waals surface area (Å²) in [5.74, 6) is -1.27. The molecule has 0 spiro atoms. The van der Waals surface area contributed by atoms with Crippen molar-refractivity contribution < 1.29 is 28.6 Å². The van der Waals surface area contributed by atoms with Gasteiger partial charge in [0.15, 0.2) is 0 Å². The molecule has 0 aliphatic carbocycles. The zero-order valence-corrected chi connectivity index (χ0v) is 14.9. The maximum Gasteiger partial charge on any atom is 0.328 e. The molecule has 1 amide bonds. The zero-order valence-electron chi connectivity index (χ0n) is 14.9. The molecule has 136 valence electrons.